The molecule has 0 heterocycles. The Hall–Kier alpha value is -2.94. The van der Waals surface area contributed by atoms with E-state index in [0.717, 1.165) is 6.08 Å². The molecule has 0 saturated heterocycles. The molecule has 0 rings (SSSR count). The summed E-state index contributed by atoms with van der Waals surface area (Å²) in [6.07, 6.45) is 28.5. The zero-order valence-corrected chi connectivity index (χ0v) is 14.1. The van der Waals surface area contributed by atoms with Crippen molar-refractivity contribution in [2.24, 2.45) is 5.92 Å². The first-order valence-electron chi connectivity index (χ1n) is 7.62. The Kier molecular flexibility index (Phi) is 13.1. The van der Waals surface area contributed by atoms with Crippen molar-refractivity contribution in [2.75, 3.05) is 0 Å². The van der Waals surface area contributed by atoms with Gasteiger partial charge in [-0.1, -0.05) is 98.1 Å². The first kappa shape index (κ1) is 21.1. The van der Waals surface area contributed by atoms with Gasteiger partial charge in [-0.3, -0.25) is 4.79 Å². The lowest BCUT2D eigenvalue weighted by Gasteiger charge is -1.95. The maximum Gasteiger partial charge on any atom is 0.328 e. The molecule has 0 fully saturated rings. The molecule has 3 nitrogen and oxygen atoms in total. The van der Waals surface area contributed by atoms with Gasteiger partial charge in [0.25, 0.3) is 0 Å². The lowest BCUT2D eigenvalue weighted by Crippen LogP contribution is -2.01. The van der Waals surface area contributed by atoms with E-state index in [9.17, 15) is 9.59 Å². The van der Waals surface area contributed by atoms with Gasteiger partial charge < -0.3 is 5.11 Å². The summed E-state index contributed by atoms with van der Waals surface area (Å²) in [7, 11) is 0. The number of hydrogen-bond donors (Lipinski definition) is 1. The predicted molar refractivity (Wildman–Crippen MR) is 101 cm³/mol. The van der Waals surface area contributed by atoms with E-state index < -0.39 is 5.97 Å². The molecule has 0 aliphatic heterocycles. The lowest BCUT2D eigenvalue weighted by atomic mass is 10.1. The zero-order valence-electron chi connectivity index (χ0n) is 14.1. The molecule has 0 aliphatic carbocycles. The summed E-state index contributed by atoms with van der Waals surface area (Å²) in [5, 5.41) is 8.38. The van der Waals surface area contributed by atoms with Crippen LogP contribution < -0.4 is 0 Å². The van der Waals surface area contributed by atoms with Gasteiger partial charge in [-0.25, -0.2) is 4.79 Å². The molecule has 3 heteroatoms. The van der Waals surface area contributed by atoms with E-state index in [1.807, 2.05) is 79.8 Å². The number of aliphatic carboxylic acids is 1. The van der Waals surface area contributed by atoms with Crippen LogP contribution in [0.2, 0.25) is 0 Å². The third kappa shape index (κ3) is 15.4. The van der Waals surface area contributed by atoms with Crippen molar-refractivity contribution in [2.45, 2.75) is 13.8 Å². The van der Waals surface area contributed by atoms with Gasteiger partial charge in [0.1, 0.15) is 5.78 Å². The van der Waals surface area contributed by atoms with Gasteiger partial charge in [0.2, 0.25) is 0 Å². The molecular formula is C21H24O3. The van der Waals surface area contributed by atoms with E-state index in [4.69, 9.17) is 5.11 Å². The van der Waals surface area contributed by atoms with Crippen molar-refractivity contribution in [3.63, 3.8) is 0 Å². The number of carbonyl (C=O) groups is 2. The minimum atomic E-state index is -0.960. The Balaban J connectivity index is 3.99. The topological polar surface area (TPSA) is 54.4 Å². The van der Waals surface area contributed by atoms with Crippen LogP contribution in [-0.2, 0) is 9.59 Å². The fourth-order valence-corrected chi connectivity index (χ4v) is 1.27. The van der Waals surface area contributed by atoms with Gasteiger partial charge in [0.05, 0.1) is 0 Å². The molecule has 0 aromatic carbocycles. The number of rotatable bonds is 10. The van der Waals surface area contributed by atoms with Crippen LogP contribution in [0.1, 0.15) is 13.8 Å². The Bertz CT molecular complexity index is 609. The van der Waals surface area contributed by atoms with Crippen LogP contribution in [0, 0.1) is 5.92 Å². The van der Waals surface area contributed by atoms with Gasteiger partial charge in [-0.05, 0) is 6.92 Å². The average molecular weight is 324 g/mol. The maximum absolute atomic E-state index is 11.0. The molecule has 1 atom stereocenters. The predicted octanol–water partition coefficient (Wildman–Crippen LogP) is 4.75. The van der Waals surface area contributed by atoms with Crippen molar-refractivity contribution < 1.29 is 14.7 Å². The highest BCUT2D eigenvalue weighted by Crippen LogP contribution is 1.98. The Morgan fingerprint density at radius 2 is 1.00 bits per heavy atom. The maximum atomic E-state index is 11.0. The summed E-state index contributed by atoms with van der Waals surface area (Å²) in [6.45, 7) is 3.45. The fourth-order valence-electron chi connectivity index (χ4n) is 1.27. The van der Waals surface area contributed by atoms with Crippen LogP contribution >= 0.6 is 0 Å². The Morgan fingerprint density at radius 1 is 0.667 bits per heavy atom. The lowest BCUT2D eigenvalue weighted by molar-refractivity contribution is -0.131. The third-order valence-electron chi connectivity index (χ3n) is 2.72. The van der Waals surface area contributed by atoms with Crippen molar-refractivity contribution in [1.82, 2.24) is 0 Å². The first-order valence-corrected chi connectivity index (χ1v) is 7.62. The second-order valence-electron chi connectivity index (χ2n) is 4.79. The molecule has 0 aromatic rings. The minimum absolute atomic E-state index is 0.0419. The van der Waals surface area contributed by atoms with E-state index in [1.54, 1.807) is 19.1 Å². The number of allylic oxidation sites excluding steroid dienone is 15. The number of ketones is 1. The van der Waals surface area contributed by atoms with Gasteiger partial charge in [-0.2, -0.15) is 0 Å². The van der Waals surface area contributed by atoms with Crippen molar-refractivity contribution >= 4 is 11.8 Å². The number of carbonyl (C=O) groups excluding carboxylic acids is 1. The number of carboxylic acids is 1. The van der Waals surface area contributed by atoms with Crippen LogP contribution in [0.15, 0.2) is 97.2 Å². The quantitative estimate of drug-likeness (QED) is 0.466. The van der Waals surface area contributed by atoms with Crippen molar-refractivity contribution in [1.29, 1.82) is 0 Å². The minimum Gasteiger partial charge on any atom is -0.478 e. The summed E-state index contributed by atoms with van der Waals surface area (Å²) in [4.78, 5) is 21.2. The van der Waals surface area contributed by atoms with Gasteiger partial charge in [0.15, 0.2) is 0 Å². The number of hydrogen-bond acceptors (Lipinski definition) is 2. The monoisotopic (exact) mass is 324 g/mol. The van der Waals surface area contributed by atoms with Crippen molar-refractivity contribution in [3.05, 3.63) is 97.2 Å². The third-order valence-corrected chi connectivity index (χ3v) is 2.72. The SMILES string of the molecule is CC(=O)C(C)C=CC=CC=CC=CC=CC=CC=CC=CC(=O)O. The summed E-state index contributed by atoms with van der Waals surface area (Å²) in [5.74, 6) is -0.843. The smallest absolute Gasteiger partial charge is 0.328 e. The Morgan fingerprint density at radius 3 is 1.33 bits per heavy atom. The van der Waals surface area contributed by atoms with Crippen LogP contribution in [0.3, 0.4) is 0 Å². The molecule has 0 spiro atoms. The molecule has 24 heavy (non-hydrogen) atoms. The normalized spacial score (nSPS) is 14.9. The molecule has 0 aromatic heterocycles. The van der Waals surface area contributed by atoms with Gasteiger partial charge >= 0.3 is 5.97 Å². The first-order chi connectivity index (χ1) is 11.5. The van der Waals surface area contributed by atoms with Gasteiger partial charge in [-0.15, -0.1) is 0 Å². The van der Waals surface area contributed by atoms with E-state index in [1.165, 1.54) is 6.08 Å². The van der Waals surface area contributed by atoms with E-state index >= 15 is 0 Å². The molecule has 126 valence electrons. The molecular weight excluding hydrogens is 300 g/mol. The number of Topliss-reactive ketones (excluding diaryl/α,β-unsaturated/α-hetero) is 1. The highest BCUT2D eigenvalue weighted by atomic mass is 16.4. The second-order valence-corrected chi connectivity index (χ2v) is 4.79. The van der Waals surface area contributed by atoms with Crippen LogP contribution in [0.5, 0.6) is 0 Å². The van der Waals surface area contributed by atoms with Gasteiger partial charge in [0, 0.05) is 12.0 Å². The largest absolute Gasteiger partial charge is 0.478 e. The second kappa shape index (κ2) is 15.0. The fraction of sp³-hybridized carbons (Fsp3) is 0.143. The number of carboxylic acid groups (broad SMARTS) is 1. The highest BCUT2D eigenvalue weighted by molar-refractivity contribution is 5.80. The molecule has 0 radical (unpaired) electrons. The highest BCUT2D eigenvalue weighted by Gasteiger charge is 1.99. The summed E-state index contributed by atoms with van der Waals surface area (Å²) in [6, 6.07) is 0. The molecule has 0 amide bonds. The summed E-state index contributed by atoms with van der Waals surface area (Å²) < 4.78 is 0. The average Bonchev–Trinajstić information content (AvgIpc) is 2.53. The molecule has 1 unspecified atom stereocenters. The Labute approximate surface area is 144 Å². The standard InChI is InChI=1S/C21H24O3/c1-19(20(2)22)17-15-13-11-9-7-5-3-4-6-8-10-12-14-16-18-21(23)24/h3-19H,1-2H3,(H,23,24). The van der Waals surface area contributed by atoms with E-state index in [-0.39, 0.29) is 11.7 Å². The zero-order chi connectivity index (χ0) is 18.0. The van der Waals surface area contributed by atoms with E-state index in [0.29, 0.717) is 0 Å². The van der Waals surface area contributed by atoms with Crippen LogP contribution in [0.25, 0.3) is 0 Å². The molecule has 0 bridgehead atoms. The summed E-state index contributed by atoms with van der Waals surface area (Å²) >= 11 is 0. The van der Waals surface area contributed by atoms with Crippen LogP contribution in [-0.4, -0.2) is 16.9 Å². The molecule has 0 saturated carbocycles. The van der Waals surface area contributed by atoms with E-state index in [2.05, 4.69) is 0 Å². The summed E-state index contributed by atoms with van der Waals surface area (Å²) in [5.41, 5.74) is 0. The molecule has 0 aliphatic rings. The van der Waals surface area contributed by atoms with Crippen molar-refractivity contribution in [3.8, 4) is 0 Å². The van der Waals surface area contributed by atoms with Crippen LogP contribution in [0.4, 0.5) is 0 Å². The molecule has 1 N–H and O–H groups in total.